The number of hydrogen-bond donors (Lipinski definition) is 1. The van der Waals surface area contributed by atoms with E-state index in [1.54, 1.807) is 19.1 Å². The summed E-state index contributed by atoms with van der Waals surface area (Å²) in [4.78, 5) is 39.5. The Hall–Kier alpha value is -1.22. The van der Waals surface area contributed by atoms with Crippen LogP contribution in [-0.4, -0.2) is 45.1 Å². The van der Waals surface area contributed by atoms with Crippen LogP contribution in [0.4, 0.5) is 0 Å². The molecule has 144 valence electrons. The number of allylic oxidation sites excluding steroid dienone is 1. The largest absolute Gasteiger partial charge is 0.469 e. The standard InChI is InChI=1S/C20H21IO6/c1-9-14(23)19-8-18(9,21)6-4-10(19)20-7-5-11(22)17(2,16(25)27-20)13(20)12(19)15(24)26-3/h5,7,10-13,22H,1,4,6,8H2,2-3H3/t10-,11+,12-,13-,17+,18+,19-,20-/m1/s1. The lowest BCUT2D eigenvalue weighted by Crippen LogP contribution is -2.51. The number of carbonyl (C=O) groups excluding carboxylic acids is 3. The summed E-state index contributed by atoms with van der Waals surface area (Å²) in [6.45, 7) is 5.71. The number of ether oxygens (including phenoxy) is 2. The first-order valence-corrected chi connectivity index (χ1v) is 10.3. The number of halogens is 1. The summed E-state index contributed by atoms with van der Waals surface area (Å²) in [7, 11) is 1.30. The Bertz CT molecular complexity index is 865. The maximum atomic E-state index is 13.6. The molecule has 1 saturated heterocycles. The van der Waals surface area contributed by atoms with E-state index in [1.165, 1.54) is 7.11 Å². The van der Waals surface area contributed by atoms with Gasteiger partial charge < -0.3 is 14.6 Å². The van der Waals surface area contributed by atoms with Crippen LogP contribution in [0.25, 0.3) is 0 Å². The Morgan fingerprint density at radius 2 is 2.15 bits per heavy atom. The molecule has 5 rings (SSSR count). The molecule has 5 aliphatic rings. The molecule has 0 aromatic rings. The van der Waals surface area contributed by atoms with Gasteiger partial charge in [0.2, 0.25) is 0 Å². The predicted molar refractivity (Wildman–Crippen MR) is 102 cm³/mol. The Morgan fingerprint density at radius 1 is 1.44 bits per heavy atom. The van der Waals surface area contributed by atoms with Gasteiger partial charge >= 0.3 is 11.9 Å². The average Bonchev–Trinajstić information content (AvgIpc) is 3.04. The third-order valence-electron chi connectivity index (χ3n) is 8.14. The molecule has 1 spiro atoms. The normalized spacial score (nSPS) is 54.6. The van der Waals surface area contributed by atoms with Gasteiger partial charge in [0.05, 0.1) is 28.0 Å². The molecule has 0 aromatic carbocycles. The van der Waals surface area contributed by atoms with Gasteiger partial charge in [0.15, 0.2) is 5.78 Å². The highest BCUT2D eigenvalue weighted by atomic mass is 127. The summed E-state index contributed by atoms with van der Waals surface area (Å²) in [5.74, 6) is -2.92. The number of ketones is 1. The van der Waals surface area contributed by atoms with Gasteiger partial charge in [-0.3, -0.25) is 14.4 Å². The number of hydrogen-bond acceptors (Lipinski definition) is 6. The predicted octanol–water partition coefficient (Wildman–Crippen LogP) is 1.74. The van der Waals surface area contributed by atoms with Crippen LogP contribution in [0.3, 0.4) is 0 Å². The first kappa shape index (κ1) is 17.8. The smallest absolute Gasteiger partial charge is 0.316 e. The average molecular weight is 484 g/mol. The van der Waals surface area contributed by atoms with E-state index in [1.807, 2.05) is 0 Å². The highest BCUT2D eigenvalue weighted by molar-refractivity contribution is 14.1. The molecule has 1 aliphatic heterocycles. The zero-order valence-corrected chi connectivity index (χ0v) is 17.3. The van der Waals surface area contributed by atoms with Crippen molar-refractivity contribution in [2.45, 2.75) is 41.3 Å². The minimum Gasteiger partial charge on any atom is -0.469 e. The van der Waals surface area contributed by atoms with Gasteiger partial charge in [-0.15, -0.1) is 0 Å². The third kappa shape index (κ3) is 1.60. The van der Waals surface area contributed by atoms with Gasteiger partial charge in [-0.2, -0.15) is 0 Å². The van der Waals surface area contributed by atoms with E-state index in [4.69, 9.17) is 9.47 Å². The minimum atomic E-state index is -1.28. The molecular formula is C20H21IO6. The second-order valence-corrected chi connectivity index (χ2v) is 11.0. The molecular weight excluding hydrogens is 463 g/mol. The van der Waals surface area contributed by atoms with E-state index in [-0.39, 0.29) is 15.1 Å². The van der Waals surface area contributed by atoms with Crippen molar-refractivity contribution < 1.29 is 29.0 Å². The van der Waals surface area contributed by atoms with Crippen molar-refractivity contribution in [2.75, 3.05) is 7.11 Å². The van der Waals surface area contributed by atoms with Crippen LogP contribution < -0.4 is 0 Å². The lowest BCUT2D eigenvalue weighted by atomic mass is 9.61. The highest BCUT2D eigenvalue weighted by Gasteiger charge is 2.85. The van der Waals surface area contributed by atoms with Crippen LogP contribution in [0.15, 0.2) is 24.3 Å². The van der Waals surface area contributed by atoms with Crippen LogP contribution in [-0.2, 0) is 23.9 Å². The van der Waals surface area contributed by atoms with E-state index in [0.717, 1.165) is 6.42 Å². The van der Waals surface area contributed by atoms with Gasteiger partial charge in [0.25, 0.3) is 0 Å². The van der Waals surface area contributed by atoms with Crippen molar-refractivity contribution in [1.29, 1.82) is 0 Å². The minimum absolute atomic E-state index is 0.105. The first-order valence-electron chi connectivity index (χ1n) is 9.21. The maximum absolute atomic E-state index is 13.6. The van der Waals surface area contributed by atoms with Crippen molar-refractivity contribution in [3.63, 3.8) is 0 Å². The first-order chi connectivity index (χ1) is 12.6. The number of carbonyl (C=O) groups is 3. The second-order valence-electron chi connectivity index (χ2n) is 8.89. The van der Waals surface area contributed by atoms with Crippen LogP contribution in [0.2, 0.25) is 0 Å². The number of alkyl halides is 1. The Labute approximate surface area is 170 Å². The van der Waals surface area contributed by atoms with Crippen LogP contribution >= 0.6 is 22.6 Å². The van der Waals surface area contributed by atoms with Crippen LogP contribution in [0, 0.1) is 28.6 Å². The number of aliphatic hydroxyl groups excluding tert-OH is 1. The zero-order chi connectivity index (χ0) is 19.6. The number of fused-ring (bicyclic) bond motifs is 1. The molecule has 0 radical (unpaired) electrons. The molecule has 4 fully saturated rings. The molecule has 27 heavy (non-hydrogen) atoms. The summed E-state index contributed by atoms with van der Waals surface area (Å²) in [6, 6.07) is 0. The number of rotatable bonds is 1. The summed E-state index contributed by atoms with van der Waals surface area (Å²) in [5, 5.41) is 10.7. The monoisotopic (exact) mass is 484 g/mol. The van der Waals surface area contributed by atoms with Gasteiger partial charge in [-0.25, -0.2) is 0 Å². The summed E-state index contributed by atoms with van der Waals surface area (Å²) in [6.07, 6.45) is 4.16. The van der Waals surface area contributed by atoms with Crippen LogP contribution in [0.1, 0.15) is 26.2 Å². The molecule has 4 aliphatic carbocycles. The Morgan fingerprint density at radius 3 is 2.81 bits per heavy atom. The van der Waals surface area contributed by atoms with E-state index >= 15 is 0 Å². The lowest BCUT2D eigenvalue weighted by molar-refractivity contribution is -0.165. The van der Waals surface area contributed by atoms with Gasteiger partial charge in [-0.1, -0.05) is 35.2 Å². The third-order valence-corrected chi connectivity index (χ3v) is 9.72. The molecule has 0 aromatic heterocycles. The van der Waals surface area contributed by atoms with Gasteiger partial charge in [0.1, 0.15) is 11.0 Å². The quantitative estimate of drug-likeness (QED) is 0.201. The van der Waals surface area contributed by atoms with Crippen molar-refractivity contribution in [3.05, 3.63) is 24.3 Å². The van der Waals surface area contributed by atoms with Crippen molar-refractivity contribution in [3.8, 4) is 0 Å². The molecule has 3 saturated carbocycles. The Kier molecular flexibility index (Phi) is 3.20. The highest BCUT2D eigenvalue weighted by Crippen LogP contribution is 2.77. The van der Waals surface area contributed by atoms with Crippen LogP contribution in [0.5, 0.6) is 0 Å². The lowest BCUT2D eigenvalue weighted by Gasteiger charge is -2.43. The fourth-order valence-corrected chi connectivity index (χ4v) is 8.16. The molecule has 1 N–H and O–H groups in total. The summed E-state index contributed by atoms with van der Waals surface area (Å²) in [5.41, 5.74) is -2.78. The van der Waals surface area contributed by atoms with Gasteiger partial charge in [-0.05, 0) is 32.3 Å². The maximum Gasteiger partial charge on any atom is 0.316 e. The number of methoxy groups -OCH3 is 1. The Balaban J connectivity index is 1.82. The zero-order valence-electron chi connectivity index (χ0n) is 15.2. The fourth-order valence-electron chi connectivity index (χ4n) is 6.98. The van der Waals surface area contributed by atoms with Gasteiger partial charge in [0, 0.05) is 17.4 Å². The molecule has 1 heterocycles. The molecule has 6 nitrogen and oxygen atoms in total. The number of Topliss-reactive ketones (excluding diaryl/α,β-unsaturated/α-hetero) is 1. The van der Waals surface area contributed by atoms with Crippen molar-refractivity contribution in [1.82, 2.24) is 0 Å². The molecule has 4 bridgehead atoms. The molecule has 8 atom stereocenters. The molecule has 0 amide bonds. The SMILES string of the molecule is C=C1C(=O)[C@]23C[C@@]1(I)CC[C@H]2[C@@]12C=C[C@H](O)[C@](C)(C(=O)O1)[C@H]2[C@@H]3C(=O)OC. The molecule has 0 unspecified atom stereocenters. The van der Waals surface area contributed by atoms with E-state index in [9.17, 15) is 19.5 Å². The second kappa shape index (κ2) is 4.84. The molecule has 7 heteroatoms. The van der Waals surface area contributed by atoms with E-state index in [2.05, 4.69) is 29.2 Å². The summed E-state index contributed by atoms with van der Waals surface area (Å²) >= 11 is 2.30. The van der Waals surface area contributed by atoms with Crippen molar-refractivity contribution >= 4 is 40.3 Å². The summed E-state index contributed by atoms with van der Waals surface area (Å²) < 4.78 is 10.7. The number of aliphatic hydroxyl groups is 1. The topological polar surface area (TPSA) is 89.9 Å². The van der Waals surface area contributed by atoms with E-state index in [0.29, 0.717) is 18.4 Å². The van der Waals surface area contributed by atoms with Crippen molar-refractivity contribution in [2.24, 2.45) is 28.6 Å². The van der Waals surface area contributed by atoms with E-state index < -0.39 is 46.3 Å². The number of esters is 2. The fraction of sp³-hybridized carbons (Fsp3) is 0.650.